The van der Waals surface area contributed by atoms with Crippen LogP contribution in [0.3, 0.4) is 0 Å². The van der Waals surface area contributed by atoms with Crippen LogP contribution in [0.15, 0.2) is 65.6 Å². The van der Waals surface area contributed by atoms with Crippen LogP contribution in [0.4, 0.5) is 5.69 Å². The second-order valence-electron chi connectivity index (χ2n) is 6.71. The van der Waals surface area contributed by atoms with E-state index >= 15 is 0 Å². The Bertz CT molecular complexity index is 885. The van der Waals surface area contributed by atoms with Crippen LogP contribution in [-0.2, 0) is 14.8 Å². The van der Waals surface area contributed by atoms with E-state index < -0.39 is 10.0 Å². The molecule has 2 aromatic carbocycles. The summed E-state index contributed by atoms with van der Waals surface area (Å²) in [5.41, 5.74) is 1.48. The summed E-state index contributed by atoms with van der Waals surface area (Å²) in [6.07, 6.45) is 8.25. The third-order valence-corrected chi connectivity index (χ3v) is 6.12. The number of hydrogen-bond acceptors (Lipinski definition) is 3. The van der Waals surface area contributed by atoms with Crippen molar-refractivity contribution < 1.29 is 13.2 Å². The second-order valence-corrected chi connectivity index (χ2v) is 8.43. The van der Waals surface area contributed by atoms with E-state index in [-0.39, 0.29) is 16.8 Å². The maximum atomic E-state index is 12.5. The predicted molar refractivity (Wildman–Crippen MR) is 108 cm³/mol. The van der Waals surface area contributed by atoms with Gasteiger partial charge in [0, 0.05) is 17.8 Å². The van der Waals surface area contributed by atoms with Crippen molar-refractivity contribution in [1.29, 1.82) is 0 Å². The number of rotatable bonds is 6. The number of carbonyl (C=O) groups excluding carboxylic acids is 1. The summed E-state index contributed by atoms with van der Waals surface area (Å²) in [5, 5.41) is 2.73. The quantitative estimate of drug-likeness (QED) is 0.741. The SMILES string of the molecule is O=C(/C=C/c1ccccc1)Nc1ccc(S(=O)(=O)NC2CCCCC2)cc1. The highest BCUT2D eigenvalue weighted by atomic mass is 32.2. The van der Waals surface area contributed by atoms with Gasteiger partial charge in [0.05, 0.1) is 4.90 Å². The standard InChI is InChI=1S/C21H24N2O3S/c24-21(16-11-17-7-3-1-4-8-17)22-18-12-14-20(15-13-18)27(25,26)23-19-9-5-2-6-10-19/h1,3-4,7-8,11-16,19,23H,2,5-6,9-10H2,(H,22,24)/b16-11+. The van der Waals surface area contributed by atoms with Crippen molar-refractivity contribution in [3.05, 3.63) is 66.2 Å². The lowest BCUT2D eigenvalue weighted by atomic mass is 9.96. The first-order chi connectivity index (χ1) is 13.0. The minimum atomic E-state index is -3.53. The Labute approximate surface area is 160 Å². The van der Waals surface area contributed by atoms with E-state index in [1.54, 1.807) is 18.2 Å². The number of carbonyl (C=O) groups is 1. The Kier molecular flexibility index (Phi) is 6.42. The molecular formula is C21H24N2O3S. The maximum absolute atomic E-state index is 12.5. The van der Waals surface area contributed by atoms with Crippen LogP contribution in [0.5, 0.6) is 0 Å². The molecule has 3 rings (SSSR count). The van der Waals surface area contributed by atoms with Gasteiger partial charge in [-0.2, -0.15) is 0 Å². The van der Waals surface area contributed by atoms with Gasteiger partial charge in [0.25, 0.3) is 0 Å². The number of hydrogen-bond donors (Lipinski definition) is 2. The molecule has 0 aliphatic heterocycles. The Balaban J connectivity index is 1.59. The predicted octanol–water partition coefficient (Wildman–Crippen LogP) is 3.95. The summed E-state index contributed by atoms with van der Waals surface area (Å²) in [7, 11) is -3.53. The van der Waals surface area contributed by atoms with E-state index in [1.165, 1.54) is 24.6 Å². The molecule has 0 radical (unpaired) electrons. The van der Waals surface area contributed by atoms with Gasteiger partial charge in [-0.1, -0.05) is 49.6 Å². The molecule has 0 saturated heterocycles. The summed E-state index contributed by atoms with van der Waals surface area (Å²) in [5.74, 6) is -0.269. The van der Waals surface area contributed by atoms with E-state index in [1.807, 2.05) is 30.3 Å². The zero-order chi connectivity index (χ0) is 19.1. The van der Waals surface area contributed by atoms with E-state index in [9.17, 15) is 13.2 Å². The van der Waals surface area contributed by atoms with Crippen molar-refractivity contribution in [2.45, 2.75) is 43.0 Å². The van der Waals surface area contributed by atoms with Crippen LogP contribution in [0.1, 0.15) is 37.7 Å². The lowest BCUT2D eigenvalue weighted by molar-refractivity contribution is -0.111. The maximum Gasteiger partial charge on any atom is 0.248 e. The summed E-state index contributed by atoms with van der Waals surface area (Å²) in [4.78, 5) is 12.2. The van der Waals surface area contributed by atoms with Gasteiger partial charge in [0.15, 0.2) is 0 Å². The number of nitrogens with one attached hydrogen (secondary N) is 2. The molecule has 1 aliphatic carbocycles. The largest absolute Gasteiger partial charge is 0.323 e. The zero-order valence-electron chi connectivity index (χ0n) is 15.1. The average molecular weight is 385 g/mol. The zero-order valence-corrected chi connectivity index (χ0v) is 15.9. The molecule has 0 unspecified atom stereocenters. The van der Waals surface area contributed by atoms with Gasteiger partial charge in [-0.15, -0.1) is 0 Å². The normalized spacial score (nSPS) is 15.7. The van der Waals surface area contributed by atoms with Crippen LogP contribution in [-0.4, -0.2) is 20.4 Å². The Morgan fingerprint density at radius 2 is 1.59 bits per heavy atom. The van der Waals surface area contributed by atoms with E-state index in [0.717, 1.165) is 31.2 Å². The Morgan fingerprint density at radius 1 is 0.926 bits per heavy atom. The lowest BCUT2D eigenvalue weighted by Gasteiger charge is -2.22. The third-order valence-electron chi connectivity index (χ3n) is 4.59. The molecule has 0 aromatic heterocycles. The molecule has 2 aromatic rings. The summed E-state index contributed by atoms with van der Waals surface area (Å²) < 4.78 is 27.8. The van der Waals surface area contributed by atoms with Crippen LogP contribution < -0.4 is 10.0 Å². The fourth-order valence-electron chi connectivity index (χ4n) is 3.15. The van der Waals surface area contributed by atoms with Crippen molar-refractivity contribution in [1.82, 2.24) is 4.72 Å². The Hall–Kier alpha value is -2.44. The van der Waals surface area contributed by atoms with Gasteiger partial charge in [0.1, 0.15) is 0 Å². The number of amides is 1. The molecule has 1 saturated carbocycles. The molecular weight excluding hydrogens is 360 g/mol. The topological polar surface area (TPSA) is 75.3 Å². The molecule has 2 N–H and O–H groups in total. The third kappa shape index (κ3) is 5.77. The molecule has 27 heavy (non-hydrogen) atoms. The van der Waals surface area contributed by atoms with Crippen molar-refractivity contribution in [2.24, 2.45) is 0 Å². The molecule has 142 valence electrons. The minimum Gasteiger partial charge on any atom is -0.323 e. The molecule has 0 atom stereocenters. The smallest absolute Gasteiger partial charge is 0.248 e. The molecule has 1 amide bonds. The fourth-order valence-corrected chi connectivity index (χ4v) is 4.45. The monoisotopic (exact) mass is 384 g/mol. The Morgan fingerprint density at radius 3 is 2.26 bits per heavy atom. The molecule has 1 fully saturated rings. The second kappa shape index (κ2) is 8.97. The highest BCUT2D eigenvalue weighted by molar-refractivity contribution is 7.89. The van der Waals surface area contributed by atoms with Crippen molar-refractivity contribution in [3.8, 4) is 0 Å². The van der Waals surface area contributed by atoms with Crippen LogP contribution >= 0.6 is 0 Å². The molecule has 0 bridgehead atoms. The fraction of sp³-hybridized carbons (Fsp3) is 0.286. The van der Waals surface area contributed by atoms with Crippen molar-refractivity contribution >= 4 is 27.7 Å². The van der Waals surface area contributed by atoms with E-state index in [2.05, 4.69) is 10.0 Å². The number of benzene rings is 2. The van der Waals surface area contributed by atoms with Crippen molar-refractivity contribution in [2.75, 3.05) is 5.32 Å². The van der Waals surface area contributed by atoms with Crippen LogP contribution in [0.25, 0.3) is 6.08 Å². The first-order valence-electron chi connectivity index (χ1n) is 9.19. The van der Waals surface area contributed by atoms with Gasteiger partial charge in [-0.25, -0.2) is 13.1 Å². The van der Waals surface area contributed by atoms with Crippen LogP contribution in [0.2, 0.25) is 0 Å². The average Bonchev–Trinajstić information content (AvgIpc) is 2.68. The van der Waals surface area contributed by atoms with Gasteiger partial charge in [-0.3, -0.25) is 4.79 Å². The highest BCUT2D eigenvalue weighted by Gasteiger charge is 2.21. The lowest BCUT2D eigenvalue weighted by Crippen LogP contribution is -2.36. The first kappa shape index (κ1) is 19.3. The molecule has 6 heteroatoms. The van der Waals surface area contributed by atoms with Crippen LogP contribution in [0, 0.1) is 0 Å². The minimum absolute atomic E-state index is 0.0197. The van der Waals surface area contributed by atoms with Crippen molar-refractivity contribution in [3.63, 3.8) is 0 Å². The molecule has 5 nitrogen and oxygen atoms in total. The highest BCUT2D eigenvalue weighted by Crippen LogP contribution is 2.20. The number of anilines is 1. The summed E-state index contributed by atoms with van der Waals surface area (Å²) >= 11 is 0. The summed E-state index contributed by atoms with van der Waals surface area (Å²) in [6.45, 7) is 0. The van der Waals surface area contributed by atoms with Gasteiger partial charge < -0.3 is 5.32 Å². The number of sulfonamides is 1. The summed E-state index contributed by atoms with van der Waals surface area (Å²) in [6, 6.07) is 15.8. The molecule has 1 aliphatic rings. The van der Waals surface area contributed by atoms with E-state index in [4.69, 9.17) is 0 Å². The molecule has 0 spiro atoms. The van der Waals surface area contributed by atoms with Gasteiger partial charge in [-0.05, 0) is 48.7 Å². The van der Waals surface area contributed by atoms with Gasteiger partial charge in [0.2, 0.25) is 15.9 Å². The van der Waals surface area contributed by atoms with Gasteiger partial charge >= 0.3 is 0 Å². The first-order valence-corrected chi connectivity index (χ1v) is 10.7. The van der Waals surface area contributed by atoms with E-state index in [0.29, 0.717) is 5.69 Å². The molecule has 0 heterocycles.